The number of hydrogen-bond acceptors (Lipinski definition) is 9. The van der Waals surface area contributed by atoms with Crippen LogP contribution >= 0.6 is 0 Å². The van der Waals surface area contributed by atoms with Crippen molar-refractivity contribution in [2.75, 3.05) is 13.7 Å². The molecule has 0 unspecified atom stereocenters. The Morgan fingerprint density at radius 3 is 2.41 bits per heavy atom. The molecule has 1 N–H and O–H groups in total. The van der Waals surface area contributed by atoms with Gasteiger partial charge in [-0.15, -0.1) is 5.06 Å². The summed E-state index contributed by atoms with van der Waals surface area (Å²) in [4.78, 5) is 73.2. The number of carbonyl (C=O) groups is 5. The third-order valence-corrected chi connectivity index (χ3v) is 6.78. The average molecular weight is 541 g/mol. The molecular formula is C27H32N4O8. The number of ketones is 1. The van der Waals surface area contributed by atoms with Crippen LogP contribution in [0, 0.1) is 5.41 Å². The first-order valence-corrected chi connectivity index (χ1v) is 12.6. The van der Waals surface area contributed by atoms with Crippen LogP contribution in [0.5, 0.6) is 11.6 Å². The molecule has 4 amide bonds. The Bertz CT molecular complexity index is 1300. The summed E-state index contributed by atoms with van der Waals surface area (Å²) >= 11 is 0. The van der Waals surface area contributed by atoms with Gasteiger partial charge in [0.25, 0.3) is 11.8 Å². The predicted octanol–water partition coefficient (Wildman–Crippen LogP) is 2.39. The molecule has 208 valence electrons. The van der Waals surface area contributed by atoms with E-state index in [1.165, 1.54) is 11.8 Å². The van der Waals surface area contributed by atoms with Crippen LogP contribution in [0.1, 0.15) is 47.0 Å². The second-order valence-corrected chi connectivity index (χ2v) is 10.7. The minimum absolute atomic E-state index is 0.0533. The van der Waals surface area contributed by atoms with E-state index in [4.69, 9.17) is 14.3 Å². The first-order valence-electron chi connectivity index (χ1n) is 12.6. The summed E-state index contributed by atoms with van der Waals surface area (Å²) in [6.45, 7) is 6.70. The number of hydroxylamine groups is 2. The van der Waals surface area contributed by atoms with Crippen LogP contribution in [-0.2, 0) is 24.0 Å². The van der Waals surface area contributed by atoms with E-state index in [0.29, 0.717) is 16.7 Å². The summed E-state index contributed by atoms with van der Waals surface area (Å²) in [5.74, 6) is -0.956. The fraction of sp³-hybridized carbons (Fsp3) is 0.481. The molecule has 0 radical (unpaired) electrons. The lowest BCUT2D eigenvalue weighted by atomic mass is 9.85. The largest absolute Gasteiger partial charge is 0.497 e. The van der Waals surface area contributed by atoms with Crippen LogP contribution in [0.3, 0.4) is 0 Å². The van der Waals surface area contributed by atoms with E-state index in [1.54, 1.807) is 40.1 Å². The quantitative estimate of drug-likeness (QED) is 0.523. The molecule has 2 saturated heterocycles. The third kappa shape index (κ3) is 5.94. The molecule has 0 bridgehead atoms. The molecule has 2 fully saturated rings. The highest BCUT2D eigenvalue weighted by Crippen LogP contribution is 2.31. The molecule has 12 nitrogen and oxygen atoms in total. The summed E-state index contributed by atoms with van der Waals surface area (Å²) in [5, 5.41) is 4.51. The molecule has 0 saturated carbocycles. The minimum Gasteiger partial charge on any atom is -0.497 e. The number of ether oxygens (including phenoxy) is 2. The molecule has 3 atom stereocenters. The van der Waals surface area contributed by atoms with Gasteiger partial charge >= 0.3 is 6.09 Å². The fourth-order valence-corrected chi connectivity index (χ4v) is 4.72. The molecular weight excluding hydrogens is 508 g/mol. The van der Waals surface area contributed by atoms with Gasteiger partial charge in [-0.05, 0) is 42.0 Å². The molecule has 0 aliphatic carbocycles. The van der Waals surface area contributed by atoms with E-state index in [-0.39, 0.29) is 31.6 Å². The Kier molecular flexibility index (Phi) is 7.75. The number of carbonyl (C=O) groups excluding carboxylic acids is 5. The number of benzene rings is 1. The zero-order valence-corrected chi connectivity index (χ0v) is 22.6. The maximum atomic E-state index is 13.8. The first-order chi connectivity index (χ1) is 18.4. The average Bonchev–Trinajstić information content (AvgIpc) is 3.45. The van der Waals surface area contributed by atoms with Gasteiger partial charge in [-0.1, -0.05) is 20.8 Å². The van der Waals surface area contributed by atoms with E-state index in [0.717, 1.165) is 10.8 Å². The van der Waals surface area contributed by atoms with E-state index in [2.05, 4.69) is 10.3 Å². The molecule has 2 aliphatic heterocycles. The van der Waals surface area contributed by atoms with Crippen molar-refractivity contribution in [1.82, 2.24) is 20.3 Å². The number of nitrogens with zero attached hydrogens (tertiary/aromatic N) is 3. The Morgan fingerprint density at radius 2 is 1.79 bits per heavy atom. The van der Waals surface area contributed by atoms with Crippen molar-refractivity contribution in [3.8, 4) is 11.6 Å². The monoisotopic (exact) mass is 540 g/mol. The number of likely N-dealkylation sites (tertiary alicyclic amines) is 1. The Morgan fingerprint density at radius 1 is 1.10 bits per heavy atom. The second-order valence-electron chi connectivity index (χ2n) is 10.7. The summed E-state index contributed by atoms with van der Waals surface area (Å²) in [7, 11) is 1.58. The standard InChI is InChI=1S/C27H32N4O8/c1-15(32)20-13-18(38-24-19-7-6-17(37-5)12-16(19)10-11-28-24)14-30(20)25(35)23(27(2,3)4)29-26(36)39-31-21(33)8-9-22(31)34/h6-7,10-12,18,20,23H,8-9,13-14H2,1-5H3,(H,29,36)/t18-,20+,23-/m1/s1. The second kappa shape index (κ2) is 10.9. The Labute approximate surface area is 225 Å². The van der Waals surface area contributed by atoms with Gasteiger partial charge in [0, 0.05) is 30.8 Å². The molecule has 1 aromatic heterocycles. The number of imide groups is 1. The molecule has 39 heavy (non-hydrogen) atoms. The van der Waals surface area contributed by atoms with Gasteiger partial charge in [-0.3, -0.25) is 19.2 Å². The molecule has 1 aromatic carbocycles. The lowest BCUT2D eigenvalue weighted by molar-refractivity contribution is -0.171. The number of fused-ring (bicyclic) bond motifs is 1. The van der Waals surface area contributed by atoms with E-state index < -0.39 is 47.4 Å². The van der Waals surface area contributed by atoms with Crippen LogP contribution < -0.4 is 14.8 Å². The van der Waals surface area contributed by atoms with Crippen LogP contribution in [0.4, 0.5) is 4.79 Å². The van der Waals surface area contributed by atoms with Crippen LogP contribution in [0.2, 0.25) is 0 Å². The van der Waals surface area contributed by atoms with Crippen LogP contribution in [0.25, 0.3) is 10.8 Å². The van der Waals surface area contributed by atoms with Crippen molar-refractivity contribution in [3.05, 3.63) is 30.5 Å². The van der Waals surface area contributed by atoms with Crippen LogP contribution in [-0.4, -0.2) is 76.4 Å². The van der Waals surface area contributed by atoms with Gasteiger partial charge in [0.1, 0.15) is 17.9 Å². The first kappa shape index (κ1) is 27.8. The van der Waals surface area contributed by atoms with Gasteiger partial charge in [-0.25, -0.2) is 9.78 Å². The molecule has 12 heteroatoms. The van der Waals surface area contributed by atoms with Crippen molar-refractivity contribution in [3.63, 3.8) is 0 Å². The van der Waals surface area contributed by atoms with Gasteiger partial charge in [0.05, 0.1) is 19.7 Å². The number of aromatic nitrogens is 1. The van der Waals surface area contributed by atoms with Crippen molar-refractivity contribution in [2.45, 2.75) is 65.1 Å². The third-order valence-electron chi connectivity index (χ3n) is 6.78. The highest BCUT2D eigenvalue weighted by molar-refractivity contribution is 6.01. The topological polar surface area (TPSA) is 144 Å². The minimum atomic E-state index is -1.12. The SMILES string of the molecule is COc1ccc2c(O[C@@H]3C[C@@H](C(C)=O)N(C(=O)[C@@H](NC(=O)ON4C(=O)CCC4=O)C(C)(C)C)C3)nccc2c1. The molecule has 2 aromatic rings. The number of pyridine rings is 1. The maximum absolute atomic E-state index is 13.8. The molecule has 0 spiro atoms. The highest BCUT2D eigenvalue weighted by Gasteiger charge is 2.45. The number of methoxy groups -OCH3 is 1. The Hall–Kier alpha value is -4.22. The van der Waals surface area contributed by atoms with Gasteiger partial charge in [0.2, 0.25) is 11.8 Å². The van der Waals surface area contributed by atoms with Crippen LogP contribution in [0.15, 0.2) is 30.5 Å². The Balaban J connectivity index is 1.52. The smallest absolute Gasteiger partial charge is 0.432 e. The van der Waals surface area contributed by atoms with Gasteiger partial charge < -0.3 is 24.5 Å². The van der Waals surface area contributed by atoms with E-state index in [1.807, 2.05) is 18.2 Å². The predicted molar refractivity (Wildman–Crippen MR) is 137 cm³/mol. The maximum Gasteiger partial charge on any atom is 0.432 e. The number of nitrogens with one attached hydrogen (secondary N) is 1. The molecule has 2 aliphatic rings. The number of amides is 4. The molecule has 4 rings (SSSR count). The highest BCUT2D eigenvalue weighted by atomic mass is 16.7. The summed E-state index contributed by atoms with van der Waals surface area (Å²) in [6, 6.07) is 5.41. The van der Waals surface area contributed by atoms with Crippen molar-refractivity contribution < 1.29 is 38.3 Å². The fourth-order valence-electron chi connectivity index (χ4n) is 4.72. The lowest BCUT2D eigenvalue weighted by Gasteiger charge is -2.34. The lowest BCUT2D eigenvalue weighted by Crippen LogP contribution is -2.57. The normalized spacial score (nSPS) is 20.2. The van der Waals surface area contributed by atoms with Gasteiger partial charge in [-0.2, -0.15) is 0 Å². The summed E-state index contributed by atoms with van der Waals surface area (Å²) in [6.07, 6.45) is 0.0975. The van der Waals surface area contributed by atoms with Gasteiger partial charge in [0.15, 0.2) is 5.78 Å². The number of rotatable bonds is 7. The van der Waals surface area contributed by atoms with E-state index in [9.17, 15) is 24.0 Å². The van der Waals surface area contributed by atoms with Crippen molar-refractivity contribution >= 4 is 40.4 Å². The zero-order valence-electron chi connectivity index (χ0n) is 22.6. The van der Waals surface area contributed by atoms with Crippen molar-refractivity contribution in [1.29, 1.82) is 0 Å². The summed E-state index contributed by atoms with van der Waals surface area (Å²) in [5.41, 5.74) is -0.800. The van der Waals surface area contributed by atoms with Crippen molar-refractivity contribution in [2.24, 2.45) is 5.41 Å². The molecule has 3 heterocycles. The summed E-state index contributed by atoms with van der Waals surface area (Å²) < 4.78 is 11.5. The number of Topliss-reactive ketones (excluding diaryl/α,β-unsaturated/α-hetero) is 1. The zero-order chi connectivity index (χ0) is 28.5. The number of hydrogen-bond donors (Lipinski definition) is 1. The van der Waals surface area contributed by atoms with E-state index >= 15 is 0 Å².